The van der Waals surface area contributed by atoms with E-state index in [1.54, 1.807) is 12.1 Å². The Morgan fingerprint density at radius 1 is 1.21 bits per heavy atom. The molecule has 0 fully saturated rings. The first-order valence-corrected chi connectivity index (χ1v) is 10.1. The van der Waals surface area contributed by atoms with Crippen molar-refractivity contribution in [2.45, 2.75) is 33.7 Å². The van der Waals surface area contributed by atoms with Crippen molar-refractivity contribution in [1.82, 2.24) is 20.0 Å². The third kappa shape index (κ3) is 4.82. The smallest absolute Gasteiger partial charge is 0.207 e. The summed E-state index contributed by atoms with van der Waals surface area (Å²) in [7, 11) is 0. The first-order chi connectivity index (χ1) is 13.9. The van der Waals surface area contributed by atoms with Gasteiger partial charge in [-0.25, -0.2) is 9.07 Å². The molecule has 3 rings (SSSR count). The number of aryl methyl sites for hydroxylation is 1. The number of amides is 1. The van der Waals surface area contributed by atoms with E-state index < -0.39 is 0 Å². The zero-order valence-corrected chi connectivity index (χ0v) is 17.5. The maximum Gasteiger partial charge on any atom is 0.207 e. The van der Waals surface area contributed by atoms with E-state index in [4.69, 9.17) is 0 Å². The minimum absolute atomic E-state index is 0.212. The summed E-state index contributed by atoms with van der Waals surface area (Å²) in [5.74, 6) is 0.269. The zero-order chi connectivity index (χ0) is 21.0. The van der Waals surface area contributed by atoms with E-state index in [1.807, 2.05) is 10.9 Å². The topological polar surface area (TPSA) is 50.2 Å². The standard InChI is InChI=1S/C23H29FN4O/c1-16(2)14-27(10-9-25-15-29)18(4)22-12-19-13-26-28(23(19)11-17(22)3)21-7-5-20(24)6-8-21/h5-8,11-13,15-16,18H,9-10,14H2,1-4H3,(H,25,29). The Morgan fingerprint density at radius 2 is 1.93 bits per heavy atom. The number of hydrogen-bond acceptors (Lipinski definition) is 3. The average molecular weight is 397 g/mol. The summed E-state index contributed by atoms with van der Waals surface area (Å²) in [6.45, 7) is 11.1. The van der Waals surface area contributed by atoms with Crippen LogP contribution in [0.4, 0.5) is 4.39 Å². The molecule has 0 aliphatic rings. The average Bonchev–Trinajstić information content (AvgIpc) is 3.09. The minimum Gasteiger partial charge on any atom is -0.357 e. The van der Waals surface area contributed by atoms with Gasteiger partial charge >= 0.3 is 0 Å². The second-order valence-electron chi connectivity index (χ2n) is 7.94. The molecule has 0 aliphatic carbocycles. The molecule has 1 amide bonds. The number of carbonyl (C=O) groups is 1. The maximum atomic E-state index is 13.3. The van der Waals surface area contributed by atoms with Crippen molar-refractivity contribution in [3.63, 3.8) is 0 Å². The van der Waals surface area contributed by atoms with Crippen molar-refractivity contribution < 1.29 is 9.18 Å². The molecule has 0 aliphatic heterocycles. The summed E-state index contributed by atoms with van der Waals surface area (Å²) in [5.41, 5.74) is 4.28. The van der Waals surface area contributed by atoms with E-state index in [-0.39, 0.29) is 11.9 Å². The van der Waals surface area contributed by atoms with E-state index >= 15 is 0 Å². The molecule has 1 unspecified atom stereocenters. The van der Waals surface area contributed by atoms with Gasteiger partial charge in [0.1, 0.15) is 5.82 Å². The molecule has 154 valence electrons. The van der Waals surface area contributed by atoms with E-state index in [2.05, 4.69) is 55.1 Å². The van der Waals surface area contributed by atoms with Crippen LogP contribution in [-0.4, -0.2) is 40.7 Å². The molecule has 1 aromatic heterocycles. The fraction of sp³-hybridized carbons (Fsp3) is 0.391. The van der Waals surface area contributed by atoms with Gasteiger partial charge in [0.15, 0.2) is 0 Å². The van der Waals surface area contributed by atoms with Crippen molar-refractivity contribution in [2.75, 3.05) is 19.6 Å². The van der Waals surface area contributed by atoms with Crippen LogP contribution in [0.2, 0.25) is 0 Å². The summed E-state index contributed by atoms with van der Waals surface area (Å²) >= 11 is 0. The third-order valence-corrected chi connectivity index (χ3v) is 5.25. The number of fused-ring (bicyclic) bond motifs is 1. The van der Waals surface area contributed by atoms with Crippen LogP contribution in [0.3, 0.4) is 0 Å². The van der Waals surface area contributed by atoms with Crippen LogP contribution in [-0.2, 0) is 4.79 Å². The normalized spacial score (nSPS) is 12.7. The van der Waals surface area contributed by atoms with Crippen LogP contribution in [0.5, 0.6) is 0 Å². The van der Waals surface area contributed by atoms with Crippen LogP contribution in [0, 0.1) is 18.7 Å². The number of carbonyl (C=O) groups excluding carboxylic acids is 1. The van der Waals surface area contributed by atoms with Crippen LogP contribution < -0.4 is 5.32 Å². The van der Waals surface area contributed by atoms with E-state index in [0.29, 0.717) is 12.5 Å². The Bertz CT molecular complexity index is 965. The number of nitrogens with one attached hydrogen (secondary N) is 1. The zero-order valence-electron chi connectivity index (χ0n) is 17.5. The SMILES string of the molecule is Cc1cc2c(cnn2-c2ccc(F)cc2)cc1C(C)N(CCNC=O)CC(C)C. The van der Waals surface area contributed by atoms with Crippen molar-refractivity contribution in [2.24, 2.45) is 5.92 Å². The summed E-state index contributed by atoms with van der Waals surface area (Å²) in [4.78, 5) is 13.0. The quantitative estimate of drug-likeness (QED) is 0.435. The molecule has 1 atom stereocenters. The van der Waals surface area contributed by atoms with Gasteiger partial charge in [-0.15, -0.1) is 0 Å². The molecule has 5 nitrogen and oxygen atoms in total. The van der Waals surface area contributed by atoms with Crippen LogP contribution in [0.15, 0.2) is 42.6 Å². The lowest BCUT2D eigenvalue weighted by atomic mass is 9.98. The summed E-state index contributed by atoms with van der Waals surface area (Å²) < 4.78 is 15.1. The molecule has 0 spiro atoms. The number of benzene rings is 2. The fourth-order valence-corrected chi connectivity index (χ4v) is 3.81. The van der Waals surface area contributed by atoms with Crippen LogP contribution in [0.1, 0.15) is 37.9 Å². The molecule has 0 radical (unpaired) electrons. The van der Waals surface area contributed by atoms with E-state index in [1.165, 1.54) is 23.3 Å². The van der Waals surface area contributed by atoms with Gasteiger partial charge in [0, 0.05) is 31.1 Å². The highest BCUT2D eigenvalue weighted by atomic mass is 19.1. The Hall–Kier alpha value is -2.73. The molecular formula is C23H29FN4O. The number of aromatic nitrogens is 2. The third-order valence-electron chi connectivity index (χ3n) is 5.25. The number of halogens is 1. The van der Waals surface area contributed by atoms with E-state index in [9.17, 15) is 9.18 Å². The van der Waals surface area contributed by atoms with Crippen molar-refractivity contribution in [3.8, 4) is 5.69 Å². The van der Waals surface area contributed by atoms with Gasteiger partial charge in [-0.05, 0) is 67.3 Å². The summed E-state index contributed by atoms with van der Waals surface area (Å²) in [6, 6.07) is 10.9. The Balaban J connectivity index is 1.93. The second-order valence-corrected chi connectivity index (χ2v) is 7.94. The first-order valence-electron chi connectivity index (χ1n) is 10.1. The molecule has 0 saturated carbocycles. The minimum atomic E-state index is -0.258. The molecule has 2 aromatic carbocycles. The highest BCUT2D eigenvalue weighted by Gasteiger charge is 2.20. The van der Waals surface area contributed by atoms with Crippen LogP contribution in [0.25, 0.3) is 16.6 Å². The van der Waals surface area contributed by atoms with Crippen LogP contribution >= 0.6 is 0 Å². The van der Waals surface area contributed by atoms with Gasteiger partial charge in [0.05, 0.1) is 17.4 Å². The lowest BCUT2D eigenvalue weighted by Gasteiger charge is -2.32. The van der Waals surface area contributed by atoms with Crippen molar-refractivity contribution in [1.29, 1.82) is 0 Å². The van der Waals surface area contributed by atoms with E-state index in [0.717, 1.165) is 36.1 Å². The molecule has 0 bridgehead atoms. The van der Waals surface area contributed by atoms with Crippen molar-refractivity contribution in [3.05, 3.63) is 59.5 Å². The molecule has 0 saturated heterocycles. The molecular weight excluding hydrogens is 367 g/mol. The molecule has 1 heterocycles. The largest absolute Gasteiger partial charge is 0.357 e. The molecule has 6 heteroatoms. The van der Waals surface area contributed by atoms with Gasteiger partial charge in [0.2, 0.25) is 6.41 Å². The second kappa shape index (κ2) is 9.18. The van der Waals surface area contributed by atoms with Gasteiger partial charge < -0.3 is 5.32 Å². The first kappa shape index (κ1) is 21.0. The van der Waals surface area contributed by atoms with Gasteiger partial charge in [-0.2, -0.15) is 5.10 Å². The highest BCUT2D eigenvalue weighted by molar-refractivity contribution is 5.82. The predicted octanol–water partition coefficient (Wildman–Crippen LogP) is 4.24. The molecule has 3 aromatic rings. The van der Waals surface area contributed by atoms with Gasteiger partial charge in [-0.3, -0.25) is 9.69 Å². The Morgan fingerprint density at radius 3 is 2.59 bits per heavy atom. The summed E-state index contributed by atoms with van der Waals surface area (Å²) in [5, 5.41) is 8.34. The van der Waals surface area contributed by atoms with Gasteiger partial charge in [0.25, 0.3) is 0 Å². The lowest BCUT2D eigenvalue weighted by molar-refractivity contribution is -0.109. The number of nitrogens with zero attached hydrogens (tertiary/aromatic N) is 3. The monoisotopic (exact) mass is 396 g/mol. The molecule has 1 N–H and O–H groups in total. The summed E-state index contributed by atoms with van der Waals surface area (Å²) in [6.07, 6.45) is 2.61. The Labute approximate surface area is 171 Å². The molecule has 29 heavy (non-hydrogen) atoms. The van der Waals surface area contributed by atoms with Gasteiger partial charge in [-0.1, -0.05) is 13.8 Å². The van der Waals surface area contributed by atoms with Crippen molar-refractivity contribution >= 4 is 17.3 Å². The predicted molar refractivity (Wildman–Crippen MR) is 115 cm³/mol. The Kier molecular flexibility index (Phi) is 6.64. The fourth-order valence-electron chi connectivity index (χ4n) is 3.81. The number of hydrogen-bond donors (Lipinski definition) is 1. The number of rotatable bonds is 9. The lowest BCUT2D eigenvalue weighted by Crippen LogP contribution is -2.36. The highest BCUT2D eigenvalue weighted by Crippen LogP contribution is 2.29. The maximum absolute atomic E-state index is 13.3.